The van der Waals surface area contributed by atoms with Crippen LogP contribution in [0.1, 0.15) is 58.7 Å². The van der Waals surface area contributed by atoms with Crippen molar-refractivity contribution < 1.29 is 4.74 Å². The Hall–Kier alpha value is -0.740. The topological polar surface area (TPSA) is 37.9 Å². The van der Waals surface area contributed by atoms with Gasteiger partial charge < -0.3 is 9.72 Å². The van der Waals surface area contributed by atoms with Gasteiger partial charge in [-0.25, -0.2) is 4.98 Å². The van der Waals surface area contributed by atoms with Crippen molar-refractivity contribution in [1.29, 1.82) is 0 Å². The van der Waals surface area contributed by atoms with E-state index in [1.807, 2.05) is 13.0 Å². The zero-order valence-electron chi connectivity index (χ0n) is 11.3. The van der Waals surface area contributed by atoms with Gasteiger partial charge in [0.1, 0.15) is 16.6 Å². The van der Waals surface area contributed by atoms with Gasteiger partial charge >= 0.3 is 0 Å². The molecule has 0 radical (unpaired) electrons. The quantitative estimate of drug-likeness (QED) is 0.827. The van der Waals surface area contributed by atoms with E-state index in [1.165, 1.54) is 0 Å². The van der Waals surface area contributed by atoms with Gasteiger partial charge in [-0.1, -0.05) is 39.9 Å². The number of ether oxygens (including phenoxy) is 1. The lowest BCUT2D eigenvalue weighted by atomic mass is 9.92. The standard InChI is InChI=1S/C13H22N2OS/c1-6-9(16-7-2)12-14-10(13(3,4)5)8-11(17)15-12/h8-9H,6-7H2,1-5H3,(H,14,15,17). The molecule has 1 heterocycles. The van der Waals surface area contributed by atoms with Crippen LogP contribution in [0.15, 0.2) is 6.07 Å². The van der Waals surface area contributed by atoms with Crippen LogP contribution >= 0.6 is 12.2 Å². The Morgan fingerprint density at radius 1 is 1.41 bits per heavy atom. The first-order valence-electron chi connectivity index (χ1n) is 6.11. The minimum atomic E-state index is 0.00370. The van der Waals surface area contributed by atoms with Crippen LogP contribution in [0.5, 0.6) is 0 Å². The summed E-state index contributed by atoms with van der Waals surface area (Å²) in [4.78, 5) is 7.73. The van der Waals surface area contributed by atoms with Crippen LogP contribution in [0.4, 0.5) is 0 Å². The van der Waals surface area contributed by atoms with Crippen molar-refractivity contribution in [2.45, 2.75) is 52.6 Å². The molecule has 0 bridgehead atoms. The third-order valence-electron chi connectivity index (χ3n) is 2.61. The Labute approximate surface area is 109 Å². The molecule has 0 amide bonds. The number of hydrogen-bond donors (Lipinski definition) is 1. The van der Waals surface area contributed by atoms with E-state index >= 15 is 0 Å². The summed E-state index contributed by atoms with van der Waals surface area (Å²) in [5, 5.41) is 0. The van der Waals surface area contributed by atoms with Crippen LogP contribution in [-0.4, -0.2) is 16.6 Å². The number of aromatic nitrogens is 2. The molecule has 3 nitrogen and oxygen atoms in total. The molecule has 1 unspecified atom stereocenters. The highest BCUT2D eigenvalue weighted by atomic mass is 32.1. The van der Waals surface area contributed by atoms with Crippen molar-refractivity contribution in [3.63, 3.8) is 0 Å². The zero-order valence-corrected chi connectivity index (χ0v) is 12.1. The molecule has 1 rings (SSSR count). The van der Waals surface area contributed by atoms with Gasteiger partial charge in [0.2, 0.25) is 0 Å². The second-order valence-corrected chi connectivity index (χ2v) is 5.54. The highest BCUT2D eigenvalue weighted by Crippen LogP contribution is 2.23. The summed E-state index contributed by atoms with van der Waals surface area (Å²) in [6, 6.07) is 1.93. The van der Waals surface area contributed by atoms with E-state index in [-0.39, 0.29) is 11.5 Å². The average molecular weight is 254 g/mol. The summed E-state index contributed by atoms with van der Waals surface area (Å²) in [6.07, 6.45) is 0.892. The monoisotopic (exact) mass is 254 g/mol. The lowest BCUT2D eigenvalue weighted by molar-refractivity contribution is 0.0531. The maximum Gasteiger partial charge on any atom is 0.137 e. The maximum atomic E-state index is 5.66. The molecule has 0 aliphatic rings. The van der Waals surface area contributed by atoms with Crippen LogP contribution in [0.2, 0.25) is 0 Å². The molecule has 0 aliphatic heterocycles. The van der Waals surface area contributed by atoms with Crippen molar-refractivity contribution in [3.05, 3.63) is 22.2 Å². The van der Waals surface area contributed by atoms with Crippen LogP contribution in [0.25, 0.3) is 0 Å². The van der Waals surface area contributed by atoms with Crippen molar-refractivity contribution in [2.24, 2.45) is 0 Å². The van der Waals surface area contributed by atoms with E-state index in [0.717, 1.165) is 17.9 Å². The molecule has 0 aromatic carbocycles. The molecule has 1 aromatic rings. The van der Waals surface area contributed by atoms with Crippen molar-refractivity contribution in [2.75, 3.05) is 6.61 Å². The number of nitrogens with zero attached hydrogens (tertiary/aromatic N) is 1. The maximum absolute atomic E-state index is 5.66. The largest absolute Gasteiger partial charge is 0.371 e. The van der Waals surface area contributed by atoms with Gasteiger partial charge in [-0.3, -0.25) is 0 Å². The fraction of sp³-hybridized carbons (Fsp3) is 0.692. The molecule has 0 aliphatic carbocycles. The van der Waals surface area contributed by atoms with Crippen LogP contribution in [0.3, 0.4) is 0 Å². The van der Waals surface area contributed by atoms with Gasteiger partial charge in [-0.05, 0) is 19.4 Å². The van der Waals surface area contributed by atoms with Crippen LogP contribution < -0.4 is 0 Å². The Kier molecular flexibility index (Phi) is 4.83. The third kappa shape index (κ3) is 3.89. The molecule has 0 spiro atoms. The van der Waals surface area contributed by atoms with Gasteiger partial charge in [-0.15, -0.1) is 0 Å². The first-order valence-corrected chi connectivity index (χ1v) is 6.52. The Balaban J connectivity index is 3.17. The summed E-state index contributed by atoms with van der Waals surface area (Å²) in [5.41, 5.74) is 1.14. The fourth-order valence-electron chi connectivity index (χ4n) is 1.62. The summed E-state index contributed by atoms with van der Waals surface area (Å²) in [6.45, 7) is 11.2. The van der Waals surface area contributed by atoms with Crippen molar-refractivity contribution in [1.82, 2.24) is 9.97 Å². The molecule has 1 atom stereocenters. The minimum Gasteiger partial charge on any atom is -0.371 e. The fourth-order valence-corrected chi connectivity index (χ4v) is 1.84. The van der Waals surface area contributed by atoms with E-state index in [1.54, 1.807) is 0 Å². The predicted octanol–water partition coefficient (Wildman–Crippen LogP) is 3.92. The van der Waals surface area contributed by atoms with E-state index in [2.05, 4.69) is 37.7 Å². The lowest BCUT2D eigenvalue weighted by Crippen LogP contribution is -2.17. The van der Waals surface area contributed by atoms with E-state index in [0.29, 0.717) is 11.2 Å². The molecule has 0 saturated heterocycles. The Bertz CT molecular complexity index is 420. The minimum absolute atomic E-state index is 0.00370. The summed E-state index contributed by atoms with van der Waals surface area (Å²) >= 11 is 5.22. The molecule has 4 heteroatoms. The number of aromatic amines is 1. The van der Waals surface area contributed by atoms with E-state index < -0.39 is 0 Å². The zero-order chi connectivity index (χ0) is 13.1. The molecule has 17 heavy (non-hydrogen) atoms. The normalized spacial score (nSPS) is 13.7. The average Bonchev–Trinajstić information content (AvgIpc) is 2.23. The van der Waals surface area contributed by atoms with Crippen molar-refractivity contribution >= 4 is 12.2 Å². The van der Waals surface area contributed by atoms with Crippen LogP contribution in [0, 0.1) is 4.64 Å². The number of rotatable bonds is 4. The predicted molar refractivity (Wildman–Crippen MR) is 72.8 cm³/mol. The highest BCUT2D eigenvalue weighted by molar-refractivity contribution is 7.71. The summed E-state index contributed by atoms with van der Waals surface area (Å²) < 4.78 is 6.29. The van der Waals surface area contributed by atoms with Gasteiger partial charge in [-0.2, -0.15) is 0 Å². The molecule has 0 fully saturated rings. The highest BCUT2D eigenvalue weighted by Gasteiger charge is 2.18. The van der Waals surface area contributed by atoms with Crippen molar-refractivity contribution in [3.8, 4) is 0 Å². The third-order valence-corrected chi connectivity index (χ3v) is 2.82. The molecule has 1 aromatic heterocycles. The number of nitrogens with one attached hydrogen (secondary N) is 1. The van der Waals surface area contributed by atoms with E-state index in [4.69, 9.17) is 17.0 Å². The summed E-state index contributed by atoms with van der Waals surface area (Å²) in [7, 11) is 0. The number of H-pyrrole nitrogens is 1. The van der Waals surface area contributed by atoms with Crippen LogP contribution in [-0.2, 0) is 10.2 Å². The first-order chi connectivity index (χ1) is 7.88. The lowest BCUT2D eigenvalue weighted by Gasteiger charge is -2.22. The second kappa shape index (κ2) is 5.74. The van der Waals surface area contributed by atoms with Gasteiger partial charge in [0.15, 0.2) is 0 Å². The molecule has 0 saturated carbocycles. The Morgan fingerprint density at radius 3 is 2.53 bits per heavy atom. The smallest absolute Gasteiger partial charge is 0.137 e. The molecular weight excluding hydrogens is 232 g/mol. The van der Waals surface area contributed by atoms with Gasteiger partial charge in [0.25, 0.3) is 0 Å². The van der Waals surface area contributed by atoms with Gasteiger partial charge in [0, 0.05) is 17.7 Å². The van der Waals surface area contributed by atoms with E-state index in [9.17, 15) is 0 Å². The Morgan fingerprint density at radius 2 is 2.06 bits per heavy atom. The summed E-state index contributed by atoms with van der Waals surface area (Å²) in [5.74, 6) is 0.840. The number of hydrogen-bond acceptors (Lipinski definition) is 3. The first kappa shape index (κ1) is 14.3. The molecule has 1 N–H and O–H groups in total. The van der Waals surface area contributed by atoms with Gasteiger partial charge in [0.05, 0.1) is 0 Å². The molecular formula is C13H22N2OS. The second-order valence-electron chi connectivity index (χ2n) is 5.12. The SMILES string of the molecule is CCOC(CC)c1nc(=S)cc(C(C)(C)C)[nH]1. The molecule has 96 valence electrons.